The van der Waals surface area contributed by atoms with Crippen molar-refractivity contribution in [3.05, 3.63) is 94.7 Å². The Morgan fingerprint density at radius 3 is 2.15 bits per heavy atom. The van der Waals surface area contributed by atoms with Crippen molar-refractivity contribution in [3.8, 4) is 21.7 Å². The highest BCUT2D eigenvalue weighted by atomic mass is 32.2. The molecule has 0 unspecified atom stereocenters. The zero-order valence-electron chi connectivity index (χ0n) is 18.0. The number of carbonyl (C=O) groups is 1. The van der Waals surface area contributed by atoms with Crippen LogP contribution in [0.4, 0.5) is 4.39 Å². The van der Waals surface area contributed by atoms with Crippen LogP contribution in [0.1, 0.15) is 20.9 Å². The summed E-state index contributed by atoms with van der Waals surface area (Å²) in [7, 11) is -3.34. The quantitative estimate of drug-likeness (QED) is 0.409. The van der Waals surface area contributed by atoms with Gasteiger partial charge in [0.1, 0.15) is 5.82 Å². The molecular weight excluding hydrogens is 459 g/mol. The van der Waals surface area contributed by atoms with Crippen molar-refractivity contribution >= 4 is 27.1 Å². The first kappa shape index (κ1) is 22.8. The Kier molecular flexibility index (Phi) is 6.40. The summed E-state index contributed by atoms with van der Waals surface area (Å²) in [6.07, 6.45) is 1.14. The maximum atomic E-state index is 13.5. The number of amides is 1. The lowest BCUT2D eigenvalue weighted by molar-refractivity contribution is 0.0950. The predicted molar refractivity (Wildman–Crippen MR) is 128 cm³/mol. The molecule has 33 heavy (non-hydrogen) atoms. The lowest BCUT2D eigenvalue weighted by Gasteiger charge is -2.04. The van der Waals surface area contributed by atoms with Crippen LogP contribution in [0.2, 0.25) is 0 Å². The zero-order valence-corrected chi connectivity index (χ0v) is 19.6. The van der Waals surface area contributed by atoms with E-state index < -0.39 is 9.84 Å². The second-order valence-electron chi connectivity index (χ2n) is 7.67. The SMILES string of the molecule is Cc1ccc(CNC(=O)c2nc(-c3ccc(S(C)(=O)=O)cc3)c(-c3ccc(F)cc3)s2)cc1. The summed E-state index contributed by atoms with van der Waals surface area (Å²) >= 11 is 1.20. The number of thiazole rings is 1. The largest absolute Gasteiger partial charge is 0.346 e. The van der Waals surface area contributed by atoms with Crippen molar-refractivity contribution in [2.45, 2.75) is 18.4 Å². The first-order chi connectivity index (χ1) is 15.7. The van der Waals surface area contributed by atoms with Gasteiger partial charge in [0.25, 0.3) is 5.91 Å². The minimum absolute atomic E-state index is 0.195. The Morgan fingerprint density at radius 1 is 0.939 bits per heavy atom. The molecule has 3 aromatic carbocycles. The van der Waals surface area contributed by atoms with Gasteiger partial charge in [-0.2, -0.15) is 0 Å². The monoisotopic (exact) mass is 480 g/mol. The minimum Gasteiger partial charge on any atom is -0.346 e. The third kappa shape index (κ3) is 5.35. The van der Waals surface area contributed by atoms with Crippen LogP contribution >= 0.6 is 11.3 Å². The maximum absolute atomic E-state index is 13.5. The Labute approximate surface area is 195 Å². The van der Waals surface area contributed by atoms with E-state index >= 15 is 0 Å². The van der Waals surface area contributed by atoms with Gasteiger partial charge in [0.05, 0.1) is 15.5 Å². The molecule has 0 saturated heterocycles. The molecule has 1 aromatic heterocycles. The Bertz CT molecular complexity index is 1390. The predicted octanol–water partition coefficient (Wildman–Crippen LogP) is 5.26. The van der Waals surface area contributed by atoms with E-state index in [9.17, 15) is 17.6 Å². The summed E-state index contributed by atoms with van der Waals surface area (Å²) < 4.78 is 37.1. The van der Waals surface area contributed by atoms with Crippen molar-refractivity contribution in [3.63, 3.8) is 0 Å². The number of benzene rings is 3. The van der Waals surface area contributed by atoms with Gasteiger partial charge in [0.15, 0.2) is 14.8 Å². The number of hydrogen-bond acceptors (Lipinski definition) is 5. The topological polar surface area (TPSA) is 76.1 Å². The van der Waals surface area contributed by atoms with Crippen molar-refractivity contribution in [1.82, 2.24) is 10.3 Å². The van der Waals surface area contributed by atoms with Gasteiger partial charge in [0, 0.05) is 18.4 Å². The minimum atomic E-state index is -3.34. The third-order valence-electron chi connectivity index (χ3n) is 5.06. The number of sulfone groups is 1. The number of halogens is 1. The van der Waals surface area contributed by atoms with E-state index in [1.807, 2.05) is 31.2 Å². The van der Waals surface area contributed by atoms with Gasteiger partial charge in [0.2, 0.25) is 0 Å². The number of hydrogen-bond donors (Lipinski definition) is 1. The summed E-state index contributed by atoms with van der Waals surface area (Å²) in [5.41, 5.74) is 4.03. The van der Waals surface area contributed by atoms with Crippen LogP contribution in [-0.2, 0) is 16.4 Å². The van der Waals surface area contributed by atoms with Gasteiger partial charge in [-0.1, -0.05) is 54.1 Å². The van der Waals surface area contributed by atoms with Gasteiger partial charge in [-0.25, -0.2) is 17.8 Å². The van der Waals surface area contributed by atoms with Crippen LogP contribution in [-0.4, -0.2) is 25.6 Å². The second kappa shape index (κ2) is 9.25. The number of aromatic nitrogens is 1. The highest BCUT2D eigenvalue weighted by molar-refractivity contribution is 7.90. The normalized spacial score (nSPS) is 11.4. The van der Waals surface area contributed by atoms with E-state index in [-0.39, 0.29) is 21.6 Å². The fourth-order valence-electron chi connectivity index (χ4n) is 3.23. The van der Waals surface area contributed by atoms with Gasteiger partial charge in [-0.3, -0.25) is 4.79 Å². The van der Waals surface area contributed by atoms with Crippen molar-refractivity contribution in [2.75, 3.05) is 6.26 Å². The molecule has 8 heteroatoms. The molecule has 0 fully saturated rings. The fourth-order valence-corrected chi connectivity index (χ4v) is 4.87. The summed E-state index contributed by atoms with van der Waals surface area (Å²) in [4.78, 5) is 18.3. The second-order valence-corrected chi connectivity index (χ2v) is 10.7. The van der Waals surface area contributed by atoms with E-state index in [2.05, 4.69) is 10.3 Å². The molecule has 4 rings (SSSR count). The van der Waals surface area contributed by atoms with Gasteiger partial charge >= 0.3 is 0 Å². The van der Waals surface area contributed by atoms with Gasteiger partial charge in [-0.15, -0.1) is 11.3 Å². The molecule has 0 aliphatic heterocycles. The van der Waals surface area contributed by atoms with Crippen LogP contribution < -0.4 is 5.32 Å². The number of nitrogens with one attached hydrogen (secondary N) is 1. The van der Waals surface area contributed by atoms with Crippen molar-refractivity contribution < 1.29 is 17.6 Å². The third-order valence-corrected chi connectivity index (χ3v) is 7.29. The van der Waals surface area contributed by atoms with E-state index in [0.29, 0.717) is 28.2 Å². The molecular formula is C25H21FN2O3S2. The smallest absolute Gasteiger partial charge is 0.280 e. The van der Waals surface area contributed by atoms with Crippen LogP contribution in [0.5, 0.6) is 0 Å². The number of aryl methyl sites for hydroxylation is 1. The average Bonchev–Trinajstić information content (AvgIpc) is 3.24. The van der Waals surface area contributed by atoms with Crippen molar-refractivity contribution in [2.24, 2.45) is 0 Å². The summed E-state index contributed by atoms with van der Waals surface area (Å²) in [5, 5.41) is 3.15. The molecule has 0 saturated carbocycles. The lowest BCUT2D eigenvalue weighted by atomic mass is 10.1. The zero-order chi connectivity index (χ0) is 23.6. The molecule has 0 atom stereocenters. The molecule has 1 N–H and O–H groups in total. The van der Waals surface area contributed by atoms with Gasteiger partial charge < -0.3 is 5.32 Å². The van der Waals surface area contributed by atoms with E-state index in [0.717, 1.165) is 17.4 Å². The van der Waals surface area contributed by atoms with Crippen LogP contribution in [0.15, 0.2) is 77.7 Å². The molecule has 0 aliphatic carbocycles. The fraction of sp³-hybridized carbons (Fsp3) is 0.120. The van der Waals surface area contributed by atoms with Crippen LogP contribution in [0.3, 0.4) is 0 Å². The first-order valence-electron chi connectivity index (χ1n) is 10.1. The highest BCUT2D eigenvalue weighted by Gasteiger charge is 2.20. The molecule has 4 aromatic rings. The first-order valence-corrected chi connectivity index (χ1v) is 12.8. The molecule has 1 amide bonds. The van der Waals surface area contributed by atoms with Crippen LogP contribution in [0.25, 0.3) is 21.7 Å². The lowest BCUT2D eigenvalue weighted by Crippen LogP contribution is -2.22. The summed E-state index contributed by atoms with van der Waals surface area (Å²) in [6, 6.07) is 20.2. The van der Waals surface area contributed by atoms with Crippen molar-refractivity contribution in [1.29, 1.82) is 0 Å². The molecule has 0 aliphatic rings. The van der Waals surface area contributed by atoms with E-state index in [1.54, 1.807) is 24.3 Å². The molecule has 0 bridgehead atoms. The molecule has 5 nitrogen and oxygen atoms in total. The number of carbonyl (C=O) groups excluding carboxylic acids is 1. The number of rotatable bonds is 6. The number of nitrogens with zero attached hydrogens (tertiary/aromatic N) is 1. The Hall–Kier alpha value is -3.36. The average molecular weight is 481 g/mol. The molecule has 168 valence electrons. The summed E-state index contributed by atoms with van der Waals surface area (Å²) in [6.45, 7) is 2.36. The molecule has 0 spiro atoms. The maximum Gasteiger partial charge on any atom is 0.280 e. The standard InChI is InChI=1S/C25H21FN2O3S2/c1-16-3-5-17(6-4-16)15-27-24(29)25-28-22(18-9-13-21(14-10-18)33(2,30)31)23(32-25)19-7-11-20(26)12-8-19/h3-14H,15H2,1-2H3,(H,27,29). The Morgan fingerprint density at radius 2 is 1.55 bits per heavy atom. The van der Waals surface area contributed by atoms with E-state index in [1.165, 1.54) is 35.6 Å². The Balaban J connectivity index is 1.68. The summed E-state index contributed by atoms with van der Waals surface area (Å²) in [5.74, 6) is -0.679. The van der Waals surface area contributed by atoms with Gasteiger partial charge in [-0.05, 0) is 42.3 Å². The molecule has 0 radical (unpaired) electrons. The molecule has 1 heterocycles. The van der Waals surface area contributed by atoms with Crippen LogP contribution in [0, 0.1) is 12.7 Å². The highest BCUT2D eigenvalue weighted by Crippen LogP contribution is 2.37. The van der Waals surface area contributed by atoms with E-state index in [4.69, 9.17) is 0 Å².